The number of rotatable bonds is 5. The molecule has 0 radical (unpaired) electrons. The van der Waals surface area contributed by atoms with E-state index in [0.717, 1.165) is 5.56 Å². The zero-order valence-corrected chi connectivity index (χ0v) is 17.2. The van der Waals surface area contributed by atoms with E-state index >= 15 is 0 Å². The Morgan fingerprint density at radius 1 is 1.14 bits per heavy atom. The maximum atomic E-state index is 13.1. The number of hydrogen-bond acceptors (Lipinski definition) is 5. The molecule has 0 unspecified atom stereocenters. The number of phenolic OH excluding ortho intramolecular Hbond substituents is 1. The van der Waals surface area contributed by atoms with Gasteiger partial charge >= 0.3 is 0 Å². The van der Waals surface area contributed by atoms with Gasteiger partial charge in [0.1, 0.15) is 5.75 Å². The number of benzene rings is 2. The molecule has 8 heteroatoms. The molecule has 0 spiro atoms. The molecule has 1 aromatic heterocycles. The first-order valence-electron chi connectivity index (χ1n) is 9.15. The second-order valence-corrected chi connectivity index (χ2v) is 9.74. The molecule has 6 nitrogen and oxygen atoms in total. The molecule has 2 aromatic carbocycles. The van der Waals surface area contributed by atoms with Crippen LogP contribution in [0.2, 0.25) is 0 Å². The van der Waals surface area contributed by atoms with Crippen LogP contribution in [0.5, 0.6) is 5.75 Å². The fourth-order valence-corrected chi connectivity index (χ4v) is 5.67. The van der Waals surface area contributed by atoms with Crippen molar-refractivity contribution in [1.29, 1.82) is 0 Å². The minimum Gasteiger partial charge on any atom is -0.508 e. The van der Waals surface area contributed by atoms with E-state index in [-0.39, 0.29) is 22.8 Å². The van der Waals surface area contributed by atoms with Gasteiger partial charge in [0, 0.05) is 35.6 Å². The van der Waals surface area contributed by atoms with Crippen LogP contribution in [0.15, 0.2) is 64.9 Å². The van der Waals surface area contributed by atoms with Crippen molar-refractivity contribution in [3.63, 3.8) is 0 Å². The van der Waals surface area contributed by atoms with Gasteiger partial charge in [-0.1, -0.05) is 24.3 Å². The first kappa shape index (κ1) is 19.6. The Hall–Kier alpha value is -2.68. The second-order valence-electron chi connectivity index (χ2n) is 6.80. The number of aromatic hydroxyl groups is 1. The topological polar surface area (TPSA) is 86.7 Å². The summed E-state index contributed by atoms with van der Waals surface area (Å²) in [6.45, 7) is 0.931. The molecule has 150 valence electrons. The third-order valence-electron chi connectivity index (χ3n) is 4.94. The van der Waals surface area contributed by atoms with Crippen molar-refractivity contribution in [2.24, 2.45) is 0 Å². The number of para-hydroxylation sites is 1. The minimum atomic E-state index is -3.69. The monoisotopic (exact) mass is 428 g/mol. The smallest absolute Gasteiger partial charge is 0.251 e. The lowest BCUT2D eigenvalue weighted by Gasteiger charge is -2.26. The Labute approximate surface area is 173 Å². The molecule has 1 aliphatic heterocycles. The predicted octanol–water partition coefficient (Wildman–Crippen LogP) is 3.13. The summed E-state index contributed by atoms with van der Waals surface area (Å²) in [4.78, 5) is 13.8. The van der Waals surface area contributed by atoms with Crippen LogP contribution in [0, 0.1) is 0 Å². The Kier molecular flexibility index (Phi) is 5.40. The van der Waals surface area contributed by atoms with Crippen LogP contribution in [0.3, 0.4) is 0 Å². The van der Waals surface area contributed by atoms with Crippen LogP contribution >= 0.6 is 11.3 Å². The number of nitrogens with zero attached hydrogens (tertiary/aromatic N) is 1. The first-order valence-corrected chi connectivity index (χ1v) is 11.5. The average Bonchev–Trinajstić information content (AvgIpc) is 3.21. The summed E-state index contributed by atoms with van der Waals surface area (Å²) in [5, 5.41) is 14.5. The van der Waals surface area contributed by atoms with Gasteiger partial charge in [-0.3, -0.25) is 4.79 Å². The van der Waals surface area contributed by atoms with Gasteiger partial charge < -0.3 is 10.4 Å². The number of sulfonamides is 1. The standard InChI is InChI=1S/C21H20N2O4S2/c24-19-7-2-1-4-16(19)13-22-21(25)15-5-3-6-18(12-15)29(26,27)23-10-8-20-17(14-23)9-11-28-20/h1-7,9,11-12,24H,8,10,13-14H2,(H,22,25). The van der Waals surface area contributed by atoms with Crippen molar-refractivity contribution in [2.45, 2.75) is 24.4 Å². The molecule has 3 aromatic rings. The SMILES string of the molecule is O=C(NCc1ccccc1O)c1cccc(S(=O)(=O)N2CCc3sccc3C2)c1. The summed E-state index contributed by atoms with van der Waals surface area (Å²) in [5.74, 6) is -0.300. The number of fused-ring (bicyclic) bond motifs is 1. The fourth-order valence-electron chi connectivity index (χ4n) is 3.31. The van der Waals surface area contributed by atoms with Crippen molar-refractivity contribution in [2.75, 3.05) is 6.54 Å². The highest BCUT2D eigenvalue weighted by molar-refractivity contribution is 7.89. The largest absolute Gasteiger partial charge is 0.508 e. The van der Waals surface area contributed by atoms with Gasteiger partial charge in [0.15, 0.2) is 0 Å². The molecule has 0 fully saturated rings. The number of hydrogen-bond donors (Lipinski definition) is 2. The van der Waals surface area contributed by atoms with Crippen molar-refractivity contribution in [3.8, 4) is 5.75 Å². The summed E-state index contributed by atoms with van der Waals surface area (Å²) in [6, 6.07) is 14.8. The van der Waals surface area contributed by atoms with Gasteiger partial charge in [-0.05, 0) is 47.7 Å². The number of phenols is 1. The zero-order valence-electron chi connectivity index (χ0n) is 15.5. The minimum absolute atomic E-state index is 0.0991. The highest BCUT2D eigenvalue weighted by Crippen LogP contribution is 2.28. The molecule has 1 amide bonds. The molecule has 0 bridgehead atoms. The average molecular weight is 429 g/mol. The van der Waals surface area contributed by atoms with Gasteiger partial charge in [0.25, 0.3) is 5.91 Å². The third kappa shape index (κ3) is 4.05. The molecular weight excluding hydrogens is 408 g/mol. The highest BCUT2D eigenvalue weighted by Gasteiger charge is 2.29. The lowest BCUT2D eigenvalue weighted by molar-refractivity contribution is 0.0950. The van der Waals surface area contributed by atoms with Crippen molar-refractivity contribution in [1.82, 2.24) is 9.62 Å². The van der Waals surface area contributed by atoms with E-state index in [9.17, 15) is 18.3 Å². The summed E-state index contributed by atoms with van der Waals surface area (Å²) in [6.07, 6.45) is 0.701. The third-order valence-corrected chi connectivity index (χ3v) is 7.80. The van der Waals surface area contributed by atoms with Gasteiger partial charge in [0.2, 0.25) is 10.0 Å². The van der Waals surface area contributed by atoms with E-state index in [2.05, 4.69) is 5.32 Å². The molecule has 0 saturated carbocycles. The fraction of sp³-hybridized carbons (Fsp3) is 0.190. The normalized spacial score (nSPS) is 14.3. The Balaban J connectivity index is 1.51. The molecule has 1 aliphatic rings. The predicted molar refractivity (Wildman–Crippen MR) is 111 cm³/mol. The first-order chi connectivity index (χ1) is 13.9. The summed E-state index contributed by atoms with van der Waals surface area (Å²) in [5.41, 5.74) is 1.89. The molecule has 0 aliphatic carbocycles. The van der Waals surface area contributed by atoms with Crippen molar-refractivity contribution < 1.29 is 18.3 Å². The highest BCUT2D eigenvalue weighted by atomic mass is 32.2. The lowest BCUT2D eigenvalue weighted by Crippen LogP contribution is -2.35. The van der Waals surface area contributed by atoms with Crippen LogP contribution in [-0.2, 0) is 29.5 Å². The zero-order chi connectivity index (χ0) is 20.4. The molecule has 4 rings (SSSR count). The molecule has 29 heavy (non-hydrogen) atoms. The second kappa shape index (κ2) is 7.98. The van der Waals surface area contributed by atoms with Gasteiger partial charge in [0.05, 0.1) is 4.90 Å². The van der Waals surface area contributed by atoms with Crippen molar-refractivity contribution in [3.05, 3.63) is 81.5 Å². The number of nitrogens with one attached hydrogen (secondary N) is 1. The molecule has 2 N–H and O–H groups in total. The van der Waals surface area contributed by atoms with Crippen LogP contribution in [0.4, 0.5) is 0 Å². The lowest BCUT2D eigenvalue weighted by atomic mass is 10.1. The Morgan fingerprint density at radius 2 is 1.97 bits per heavy atom. The number of carbonyl (C=O) groups excluding carboxylic acids is 1. The van der Waals surface area contributed by atoms with Crippen LogP contribution in [0.25, 0.3) is 0 Å². The van der Waals surface area contributed by atoms with E-state index in [4.69, 9.17) is 0 Å². The summed E-state index contributed by atoms with van der Waals surface area (Å²) < 4.78 is 27.6. The summed E-state index contributed by atoms with van der Waals surface area (Å²) in [7, 11) is -3.69. The maximum absolute atomic E-state index is 13.1. The quantitative estimate of drug-likeness (QED) is 0.654. The number of amides is 1. The molecule has 0 saturated heterocycles. The molecule has 2 heterocycles. The molecular formula is C21H20N2O4S2. The van der Waals surface area contributed by atoms with E-state index in [1.807, 2.05) is 11.4 Å². The van der Waals surface area contributed by atoms with Crippen LogP contribution < -0.4 is 5.32 Å². The number of carbonyl (C=O) groups is 1. The summed E-state index contributed by atoms with van der Waals surface area (Å²) >= 11 is 1.65. The Morgan fingerprint density at radius 3 is 2.79 bits per heavy atom. The van der Waals surface area contributed by atoms with Crippen LogP contribution in [0.1, 0.15) is 26.4 Å². The van der Waals surface area contributed by atoms with Gasteiger partial charge in [-0.15, -0.1) is 11.3 Å². The van der Waals surface area contributed by atoms with Gasteiger partial charge in [-0.25, -0.2) is 8.42 Å². The van der Waals surface area contributed by atoms with Crippen molar-refractivity contribution >= 4 is 27.3 Å². The Bertz CT molecular complexity index is 1150. The van der Waals surface area contributed by atoms with E-state index < -0.39 is 15.9 Å². The van der Waals surface area contributed by atoms with Gasteiger partial charge in [-0.2, -0.15) is 4.31 Å². The van der Waals surface area contributed by atoms with Crippen LogP contribution in [-0.4, -0.2) is 30.3 Å². The van der Waals surface area contributed by atoms with E-state index in [1.165, 1.54) is 21.3 Å². The van der Waals surface area contributed by atoms with E-state index in [1.54, 1.807) is 47.7 Å². The van der Waals surface area contributed by atoms with E-state index in [0.29, 0.717) is 25.1 Å². The molecule has 0 atom stereocenters. The number of thiophene rings is 1. The maximum Gasteiger partial charge on any atom is 0.251 e.